The van der Waals surface area contributed by atoms with Gasteiger partial charge >= 0.3 is 0 Å². The largest absolute Gasteiger partial charge is 0.497 e. The van der Waals surface area contributed by atoms with Crippen molar-refractivity contribution in [2.45, 2.75) is 51.3 Å². The van der Waals surface area contributed by atoms with Crippen molar-refractivity contribution in [1.82, 2.24) is 15.1 Å². The van der Waals surface area contributed by atoms with E-state index in [2.05, 4.69) is 15.1 Å². The van der Waals surface area contributed by atoms with Crippen LogP contribution in [-0.2, 0) is 18.6 Å². The third kappa shape index (κ3) is 3.30. The van der Waals surface area contributed by atoms with E-state index in [1.165, 1.54) is 0 Å². The van der Waals surface area contributed by atoms with Gasteiger partial charge in [-0.25, -0.2) is 0 Å². The molecule has 6 heteroatoms. The minimum absolute atomic E-state index is 0.0165. The molecule has 130 valence electrons. The van der Waals surface area contributed by atoms with Gasteiger partial charge in [-0.15, -0.1) is 10.2 Å². The summed E-state index contributed by atoms with van der Waals surface area (Å²) in [6, 6.07) is 7.64. The second-order valence-electron chi connectivity index (χ2n) is 6.45. The van der Waals surface area contributed by atoms with Crippen molar-refractivity contribution < 1.29 is 14.3 Å². The lowest BCUT2D eigenvalue weighted by atomic mass is 9.86. The van der Waals surface area contributed by atoms with Gasteiger partial charge < -0.3 is 14.3 Å². The molecule has 0 radical (unpaired) electrons. The summed E-state index contributed by atoms with van der Waals surface area (Å²) < 4.78 is 10.8. The Morgan fingerprint density at radius 2 is 2.00 bits per heavy atom. The Bertz CT molecular complexity index is 666. The van der Waals surface area contributed by atoms with E-state index < -0.39 is 5.60 Å². The highest BCUT2D eigenvalue weighted by molar-refractivity contribution is 5.31. The summed E-state index contributed by atoms with van der Waals surface area (Å²) >= 11 is 0. The number of methoxy groups -OCH3 is 1. The minimum Gasteiger partial charge on any atom is -0.497 e. The molecule has 0 aliphatic carbocycles. The predicted octanol–water partition coefficient (Wildman–Crippen LogP) is 2.51. The van der Waals surface area contributed by atoms with Crippen LogP contribution in [0.1, 0.15) is 44.0 Å². The molecule has 6 nitrogen and oxygen atoms in total. The van der Waals surface area contributed by atoms with Gasteiger partial charge in [0.1, 0.15) is 11.4 Å². The molecule has 1 N–H and O–H groups in total. The Hall–Kier alpha value is -1.92. The first-order valence-corrected chi connectivity index (χ1v) is 8.46. The number of likely N-dealkylation sites (tertiary alicyclic amines) is 1. The van der Waals surface area contributed by atoms with E-state index in [1.54, 1.807) is 7.11 Å². The van der Waals surface area contributed by atoms with Gasteiger partial charge in [-0.05, 0) is 44.0 Å². The molecule has 2 atom stereocenters. The highest BCUT2D eigenvalue weighted by Gasteiger charge is 2.41. The van der Waals surface area contributed by atoms with Crippen molar-refractivity contribution in [3.05, 3.63) is 41.6 Å². The fraction of sp³-hybridized carbons (Fsp3) is 0.556. The third-order valence-electron chi connectivity index (χ3n) is 4.84. The average molecular weight is 331 g/mol. The van der Waals surface area contributed by atoms with Gasteiger partial charge in [-0.1, -0.05) is 19.1 Å². The number of nitrogens with zero attached hydrogens (tertiary/aromatic N) is 3. The molecule has 0 amide bonds. The van der Waals surface area contributed by atoms with Crippen LogP contribution in [0, 0.1) is 0 Å². The lowest BCUT2D eigenvalue weighted by Gasteiger charge is -2.36. The summed E-state index contributed by atoms with van der Waals surface area (Å²) in [5, 5.41) is 19.3. The highest BCUT2D eigenvalue weighted by atomic mass is 16.5. The summed E-state index contributed by atoms with van der Waals surface area (Å²) in [6.07, 6.45) is 2.72. The summed E-state index contributed by atoms with van der Waals surface area (Å²) in [7, 11) is 1.64. The smallest absolute Gasteiger partial charge is 0.230 e. The second kappa shape index (κ2) is 6.91. The maximum absolute atomic E-state index is 11.2. The fourth-order valence-corrected chi connectivity index (χ4v) is 3.44. The maximum atomic E-state index is 11.2. The molecule has 2 aromatic rings. The van der Waals surface area contributed by atoms with E-state index in [-0.39, 0.29) is 6.04 Å². The summed E-state index contributed by atoms with van der Waals surface area (Å²) in [4.78, 5) is 2.23. The van der Waals surface area contributed by atoms with Crippen molar-refractivity contribution in [1.29, 1.82) is 0 Å². The van der Waals surface area contributed by atoms with Crippen molar-refractivity contribution in [3.63, 3.8) is 0 Å². The molecule has 3 rings (SSSR count). The first-order chi connectivity index (χ1) is 11.5. The molecule has 0 saturated carbocycles. The van der Waals surface area contributed by atoms with E-state index in [0.717, 1.165) is 37.1 Å². The van der Waals surface area contributed by atoms with Gasteiger partial charge in [-0.2, -0.15) is 0 Å². The molecular formula is C18H25N3O3. The molecule has 0 bridgehead atoms. The molecule has 0 spiro atoms. The highest BCUT2D eigenvalue weighted by Crippen LogP contribution is 2.36. The normalized spacial score (nSPS) is 20.9. The first-order valence-electron chi connectivity index (χ1n) is 8.46. The molecule has 2 heterocycles. The standard InChI is InChI=1S/C18H25N3O3/c1-4-16-19-20-17(24-16)12-21-11-5-6-15(21)18(2,22)13-7-9-14(23-3)10-8-13/h7-10,15,22H,4-6,11-12H2,1-3H3/t15-,18+/m0/s1. The van der Waals surface area contributed by atoms with Crippen molar-refractivity contribution in [2.75, 3.05) is 13.7 Å². The first kappa shape index (κ1) is 16.9. The number of aliphatic hydroxyl groups is 1. The quantitative estimate of drug-likeness (QED) is 0.877. The SMILES string of the molecule is CCc1nnc(CN2CCC[C@H]2[C@](C)(O)c2ccc(OC)cc2)o1. The second-order valence-corrected chi connectivity index (χ2v) is 6.45. The summed E-state index contributed by atoms with van der Waals surface area (Å²) in [5.74, 6) is 2.06. The third-order valence-corrected chi connectivity index (χ3v) is 4.84. The van der Waals surface area contributed by atoms with E-state index in [0.29, 0.717) is 18.3 Å². The zero-order chi connectivity index (χ0) is 17.2. The van der Waals surface area contributed by atoms with E-state index in [1.807, 2.05) is 38.1 Å². The number of aryl methyl sites for hydroxylation is 1. The van der Waals surface area contributed by atoms with Crippen LogP contribution < -0.4 is 4.74 Å². The van der Waals surface area contributed by atoms with E-state index in [9.17, 15) is 5.11 Å². The number of aromatic nitrogens is 2. The van der Waals surface area contributed by atoms with Gasteiger partial charge in [0.15, 0.2) is 0 Å². The van der Waals surface area contributed by atoms with Crippen molar-refractivity contribution in [3.8, 4) is 5.75 Å². The molecule has 0 unspecified atom stereocenters. The van der Waals surface area contributed by atoms with Gasteiger partial charge in [-0.3, -0.25) is 4.90 Å². The molecule has 24 heavy (non-hydrogen) atoms. The Labute approximate surface area is 142 Å². The minimum atomic E-state index is -0.948. The molecule has 1 aromatic carbocycles. The zero-order valence-electron chi connectivity index (χ0n) is 14.5. The number of hydrogen-bond donors (Lipinski definition) is 1. The molecule has 1 aliphatic heterocycles. The fourth-order valence-electron chi connectivity index (χ4n) is 3.44. The van der Waals surface area contributed by atoms with E-state index >= 15 is 0 Å². The van der Waals surface area contributed by atoms with E-state index in [4.69, 9.17) is 9.15 Å². The monoisotopic (exact) mass is 331 g/mol. The summed E-state index contributed by atoms with van der Waals surface area (Å²) in [6.45, 7) is 5.36. The Morgan fingerprint density at radius 3 is 2.62 bits per heavy atom. The number of benzene rings is 1. The van der Waals surface area contributed by atoms with Crippen molar-refractivity contribution >= 4 is 0 Å². The number of hydrogen-bond acceptors (Lipinski definition) is 6. The molecular weight excluding hydrogens is 306 g/mol. The molecule has 1 saturated heterocycles. The van der Waals surface area contributed by atoms with Crippen LogP contribution in [0.5, 0.6) is 5.75 Å². The Morgan fingerprint density at radius 1 is 1.29 bits per heavy atom. The molecule has 1 aromatic heterocycles. The van der Waals surface area contributed by atoms with Gasteiger partial charge in [0.25, 0.3) is 0 Å². The number of rotatable bonds is 6. The van der Waals surface area contributed by atoms with Crippen LogP contribution in [-0.4, -0.2) is 39.9 Å². The average Bonchev–Trinajstić information content (AvgIpc) is 3.25. The molecule has 1 fully saturated rings. The Balaban J connectivity index is 1.77. The lowest BCUT2D eigenvalue weighted by molar-refractivity contribution is -0.0275. The van der Waals surface area contributed by atoms with Crippen molar-refractivity contribution in [2.24, 2.45) is 0 Å². The van der Waals surface area contributed by atoms with Crippen LogP contribution in [0.4, 0.5) is 0 Å². The van der Waals surface area contributed by atoms with Crippen LogP contribution in [0.3, 0.4) is 0 Å². The summed E-state index contributed by atoms with van der Waals surface area (Å²) in [5.41, 5.74) is -0.0592. The zero-order valence-corrected chi connectivity index (χ0v) is 14.5. The van der Waals surface area contributed by atoms with Crippen LogP contribution in [0.15, 0.2) is 28.7 Å². The van der Waals surface area contributed by atoms with Gasteiger partial charge in [0, 0.05) is 12.5 Å². The predicted molar refractivity (Wildman–Crippen MR) is 89.7 cm³/mol. The van der Waals surface area contributed by atoms with Gasteiger partial charge in [0.05, 0.1) is 13.7 Å². The van der Waals surface area contributed by atoms with Crippen LogP contribution >= 0.6 is 0 Å². The lowest BCUT2D eigenvalue weighted by Crippen LogP contribution is -2.45. The van der Waals surface area contributed by atoms with Gasteiger partial charge in [0.2, 0.25) is 11.8 Å². The number of ether oxygens (including phenoxy) is 1. The topological polar surface area (TPSA) is 71.6 Å². The van der Waals surface area contributed by atoms with Crippen LogP contribution in [0.25, 0.3) is 0 Å². The van der Waals surface area contributed by atoms with Crippen LogP contribution in [0.2, 0.25) is 0 Å². The maximum Gasteiger partial charge on any atom is 0.230 e. The Kier molecular flexibility index (Phi) is 4.87. The molecule has 1 aliphatic rings.